The summed E-state index contributed by atoms with van der Waals surface area (Å²) in [6.45, 7) is 6.21. The lowest BCUT2D eigenvalue weighted by atomic mass is 9.98. The average molecular weight is 608 g/mol. The van der Waals surface area contributed by atoms with E-state index in [-0.39, 0.29) is 0 Å². The molecule has 0 aliphatic carbocycles. The van der Waals surface area contributed by atoms with Crippen LogP contribution in [-0.2, 0) is 0 Å². The topological polar surface area (TPSA) is 63.9 Å². The third kappa shape index (κ3) is 5.45. The normalized spacial score (nSPS) is 12.3. The summed E-state index contributed by atoms with van der Waals surface area (Å²) in [6.07, 6.45) is 0. The molecule has 224 valence electrons. The molecule has 0 aliphatic heterocycles. The van der Waals surface area contributed by atoms with Crippen LogP contribution < -0.4 is 0 Å². The molecule has 0 aliphatic rings. The summed E-state index contributed by atoms with van der Waals surface area (Å²) >= 11 is 0. The molecule has 0 radical (unpaired) electrons. The van der Waals surface area contributed by atoms with E-state index in [9.17, 15) is 0 Å². The molecule has 5 nitrogen and oxygen atoms in total. The molecule has 8 aromatic rings. The van der Waals surface area contributed by atoms with E-state index in [4.69, 9.17) is 23.8 Å². The molecule has 6 aromatic carbocycles. The summed E-state index contributed by atoms with van der Waals surface area (Å²) in [5, 5.41) is 2.08. The lowest BCUT2D eigenvalue weighted by molar-refractivity contribution is 0.620. The number of furan rings is 1. The fourth-order valence-electron chi connectivity index (χ4n) is 5.88. The second-order valence-electron chi connectivity index (χ2n) is 11.4. The number of benzene rings is 6. The zero-order valence-electron chi connectivity index (χ0n) is 25.7. The van der Waals surface area contributed by atoms with Crippen molar-refractivity contribution in [3.8, 4) is 22.6 Å². The van der Waals surface area contributed by atoms with Crippen LogP contribution in [0.15, 0.2) is 171 Å². The number of amidine groups is 1. The zero-order valence-corrected chi connectivity index (χ0v) is 25.7. The number of hydrogen-bond acceptors (Lipinski definition) is 4. The lowest BCUT2D eigenvalue weighted by Crippen LogP contribution is -2.04. The fraction of sp³-hybridized carbons (Fsp3) is 0.0238. The van der Waals surface area contributed by atoms with Crippen molar-refractivity contribution in [2.24, 2.45) is 9.98 Å². The predicted molar refractivity (Wildman–Crippen MR) is 193 cm³/mol. The molecule has 0 fully saturated rings. The third-order valence-electron chi connectivity index (χ3n) is 8.29. The highest BCUT2D eigenvalue weighted by Crippen LogP contribution is 2.38. The monoisotopic (exact) mass is 607 g/mol. The van der Waals surface area contributed by atoms with Gasteiger partial charge in [0.1, 0.15) is 16.7 Å². The summed E-state index contributed by atoms with van der Waals surface area (Å²) in [6, 6.07) is 48.4. The Morgan fingerprint density at radius 3 is 2.06 bits per heavy atom. The molecule has 0 unspecified atom stereocenters. The van der Waals surface area contributed by atoms with Crippen LogP contribution >= 0.6 is 0 Å². The number of oxazole rings is 1. The highest BCUT2D eigenvalue weighted by molar-refractivity contribution is 6.16. The zero-order chi connectivity index (χ0) is 31.7. The van der Waals surface area contributed by atoms with Gasteiger partial charge in [-0.25, -0.2) is 15.0 Å². The van der Waals surface area contributed by atoms with Crippen LogP contribution in [0, 0.1) is 0 Å². The maximum Gasteiger partial charge on any atom is 0.227 e. The predicted octanol–water partition coefficient (Wildman–Crippen LogP) is 11.0. The van der Waals surface area contributed by atoms with Crippen molar-refractivity contribution in [2.75, 3.05) is 0 Å². The SMILES string of the molecule is C=C(N=C(N=C(C)c1ccc2c(c1)oc1cccc(-c3ccc4nc(-c5ccccc5)oc4c3)c12)c1ccccc1)c1ccccc1. The first-order valence-corrected chi connectivity index (χ1v) is 15.5. The average Bonchev–Trinajstić information content (AvgIpc) is 3.73. The third-order valence-corrected chi connectivity index (χ3v) is 8.29. The Hall–Kier alpha value is -6.33. The molecule has 0 saturated heterocycles. The van der Waals surface area contributed by atoms with E-state index in [2.05, 4.69) is 43.0 Å². The number of aliphatic imine (C=N–C) groups is 2. The van der Waals surface area contributed by atoms with Crippen LogP contribution in [0.5, 0.6) is 0 Å². The van der Waals surface area contributed by atoms with Gasteiger partial charge >= 0.3 is 0 Å². The summed E-state index contributed by atoms with van der Waals surface area (Å²) in [5.41, 5.74) is 10.5. The summed E-state index contributed by atoms with van der Waals surface area (Å²) < 4.78 is 12.6. The van der Waals surface area contributed by atoms with Gasteiger partial charge in [0.2, 0.25) is 5.89 Å². The molecule has 0 saturated carbocycles. The van der Waals surface area contributed by atoms with E-state index in [0.717, 1.165) is 72.1 Å². The van der Waals surface area contributed by atoms with E-state index >= 15 is 0 Å². The van der Waals surface area contributed by atoms with E-state index in [1.807, 2.05) is 116 Å². The minimum absolute atomic E-state index is 0.599. The Kier molecular flexibility index (Phi) is 7.12. The van der Waals surface area contributed by atoms with Crippen molar-refractivity contribution in [1.29, 1.82) is 0 Å². The molecule has 0 atom stereocenters. The molecule has 0 N–H and O–H groups in total. The van der Waals surface area contributed by atoms with Gasteiger partial charge in [0, 0.05) is 27.6 Å². The molecular weight excluding hydrogens is 578 g/mol. The van der Waals surface area contributed by atoms with Gasteiger partial charge in [-0.1, -0.05) is 110 Å². The first-order chi connectivity index (χ1) is 23.1. The minimum Gasteiger partial charge on any atom is -0.456 e. The Labute approximate surface area is 271 Å². The van der Waals surface area contributed by atoms with Crippen molar-refractivity contribution in [3.63, 3.8) is 0 Å². The Morgan fingerprint density at radius 2 is 1.30 bits per heavy atom. The van der Waals surface area contributed by atoms with Gasteiger partial charge in [-0.2, -0.15) is 0 Å². The van der Waals surface area contributed by atoms with Crippen LogP contribution in [0.3, 0.4) is 0 Å². The quantitative estimate of drug-likeness (QED) is 0.140. The van der Waals surface area contributed by atoms with Gasteiger partial charge in [-0.15, -0.1) is 0 Å². The summed E-state index contributed by atoms with van der Waals surface area (Å²) in [7, 11) is 0. The molecule has 0 bridgehead atoms. The summed E-state index contributed by atoms with van der Waals surface area (Å²) in [5.74, 6) is 1.21. The van der Waals surface area contributed by atoms with Crippen LogP contribution in [-0.4, -0.2) is 16.5 Å². The van der Waals surface area contributed by atoms with Crippen LogP contribution in [0.1, 0.15) is 23.6 Å². The van der Waals surface area contributed by atoms with Crippen molar-refractivity contribution in [1.82, 2.24) is 4.98 Å². The molecule has 0 spiro atoms. The Balaban J connectivity index is 1.18. The maximum atomic E-state index is 6.43. The van der Waals surface area contributed by atoms with Crippen LogP contribution in [0.25, 0.3) is 61.3 Å². The van der Waals surface area contributed by atoms with E-state index in [0.29, 0.717) is 17.4 Å². The molecule has 5 heteroatoms. The largest absolute Gasteiger partial charge is 0.456 e. The Morgan fingerprint density at radius 1 is 0.574 bits per heavy atom. The number of fused-ring (bicyclic) bond motifs is 4. The van der Waals surface area contributed by atoms with Crippen LogP contribution in [0.4, 0.5) is 0 Å². The molecular formula is C42H29N3O2. The van der Waals surface area contributed by atoms with Gasteiger partial charge in [0.25, 0.3) is 0 Å². The van der Waals surface area contributed by atoms with E-state index in [1.165, 1.54) is 0 Å². The first kappa shape index (κ1) is 28.2. The van der Waals surface area contributed by atoms with Gasteiger partial charge < -0.3 is 8.83 Å². The first-order valence-electron chi connectivity index (χ1n) is 15.5. The fourth-order valence-corrected chi connectivity index (χ4v) is 5.88. The van der Waals surface area contributed by atoms with Gasteiger partial charge in [-0.05, 0) is 71.6 Å². The number of aromatic nitrogens is 1. The molecule has 0 amide bonds. The molecule has 2 heterocycles. The molecule has 47 heavy (non-hydrogen) atoms. The van der Waals surface area contributed by atoms with Gasteiger partial charge in [0.15, 0.2) is 11.4 Å². The minimum atomic E-state index is 0.599. The highest BCUT2D eigenvalue weighted by atomic mass is 16.3. The van der Waals surface area contributed by atoms with E-state index < -0.39 is 0 Å². The standard InChI is InChI=1S/C42H29N3O2/c1-27(29-13-6-3-7-14-29)43-41(30-15-8-4-9-16-30)44-28(2)32-21-23-35-38(25-32)46-37-20-12-19-34(40(35)37)33-22-24-36-39(26-33)47-42(45-36)31-17-10-5-11-18-31/h3-26H,1H2,2H3. The number of hydrogen-bond donors (Lipinski definition) is 0. The summed E-state index contributed by atoms with van der Waals surface area (Å²) in [4.78, 5) is 14.6. The lowest BCUT2D eigenvalue weighted by Gasteiger charge is -2.07. The number of nitrogens with zero attached hydrogens (tertiary/aromatic N) is 3. The molecule has 2 aromatic heterocycles. The second kappa shape index (κ2) is 11.9. The highest BCUT2D eigenvalue weighted by Gasteiger charge is 2.16. The van der Waals surface area contributed by atoms with Crippen molar-refractivity contribution >= 4 is 50.3 Å². The number of rotatable bonds is 6. The van der Waals surface area contributed by atoms with Crippen molar-refractivity contribution in [2.45, 2.75) is 6.92 Å². The van der Waals surface area contributed by atoms with E-state index in [1.54, 1.807) is 0 Å². The van der Waals surface area contributed by atoms with Crippen molar-refractivity contribution in [3.05, 3.63) is 169 Å². The van der Waals surface area contributed by atoms with Gasteiger partial charge in [0.05, 0.1) is 5.70 Å². The Bertz CT molecular complexity index is 2470. The van der Waals surface area contributed by atoms with Crippen molar-refractivity contribution < 1.29 is 8.83 Å². The van der Waals surface area contributed by atoms with Crippen LogP contribution in [0.2, 0.25) is 0 Å². The maximum absolute atomic E-state index is 6.43. The molecule has 8 rings (SSSR count). The second-order valence-corrected chi connectivity index (χ2v) is 11.4. The smallest absolute Gasteiger partial charge is 0.227 e. The van der Waals surface area contributed by atoms with Gasteiger partial charge in [-0.3, -0.25) is 0 Å².